The molecule has 1 aromatic heterocycles. The highest BCUT2D eigenvalue weighted by Crippen LogP contribution is 2.18. The van der Waals surface area contributed by atoms with Crippen LogP contribution in [0.3, 0.4) is 0 Å². The summed E-state index contributed by atoms with van der Waals surface area (Å²) in [6.07, 6.45) is 0. The van der Waals surface area contributed by atoms with Crippen molar-refractivity contribution in [3.8, 4) is 0 Å². The number of aromatic nitrogens is 2. The molecule has 3 rings (SSSR count). The largest absolute Gasteiger partial charge is 0.333 e. The molecule has 0 unspecified atom stereocenters. The van der Waals surface area contributed by atoms with Crippen LogP contribution in [0.5, 0.6) is 0 Å². The third kappa shape index (κ3) is 4.10. The molecule has 0 aliphatic heterocycles. The number of amides is 3. The number of para-hydroxylation sites is 3. The number of aromatic amines is 1. The molecule has 0 saturated carbocycles. The van der Waals surface area contributed by atoms with Crippen LogP contribution in [0, 0.1) is 0 Å². The van der Waals surface area contributed by atoms with E-state index in [0.717, 1.165) is 11.0 Å². The number of nitrogens with one attached hydrogen (secondary N) is 3. The number of hydrogen-bond donors (Lipinski definition) is 3. The molecule has 3 aromatic rings. The van der Waals surface area contributed by atoms with Crippen molar-refractivity contribution >= 4 is 40.4 Å². The van der Waals surface area contributed by atoms with E-state index in [0.29, 0.717) is 10.8 Å². The topological polar surface area (TPSA) is 86.9 Å². The van der Waals surface area contributed by atoms with Gasteiger partial charge in [-0.1, -0.05) is 42.1 Å². The van der Waals surface area contributed by atoms with Crippen LogP contribution >= 0.6 is 11.8 Å². The monoisotopic (exact) mass is 326 g/mol. The molecule has 1 heterocycles. The number of thioether (sulfide) groups is 1. The van der Waals surface area contributed by atoms with Gasteiger partial charge in [0.15, 0.2) is 5.16 Å². The van der Waals surface area contributed by atoms with E-state index in [9.17, 15) is 9.59 Å². The van der Waals surface area contributed by atoms with Crippen molar-refractivity contribution in [3.63, 3.8) is 0 Å². The second-order valence-corrected chi connectivity index (χ2v) is 5.68. The maximum atomic E-state index is 11.8. The number of hydrogen-bond acceptors (Lipinski definition) is 4. The molecule has 0 spiro atoms. The molecular formula is C16H14N4O2S. The van der Waals surface area contributed by atoms with Gasteiger partial charge in [0.05, 0.1) is 16.8 Å². The Kier molecular flexibility index (Phi) is 4.58. The van der Waals surface area contributed by atoms with Gasteiger partial charge in [-0.25, -0.2) is 9.78 Å². The van der Waals surface area contributed by atoms with E-state index >= 15 is 0 Å². The Labute approximate surface area is 136 Å². The molecule has 0 bridgehead atoms. The molecule has 116 valence electrons. The highest BCUT2D eigenvalue weighted by atomic mass is 32.2. The van der Waals surface area contributed by atoms with Gasteiger partial charge in [-0.15, -0.1) is 0 Å². The Morgan fingerprint density at radius 1 is 1.04 bits per heavy atom. The normalized spacial score (nSPS) is 10.4. The zero-order chi connectivity index (χ0) is 16.1. The summed E-state index contributed by atoms with van der Waals surface area (Å²) in [6, 6.07) is 16.0. The summed E-state index contributed by atoms with van der Waals surface area (Å²) in [5, 5.41) is 5.51. The number of benzene rings is 2. The number of urea groups is 1. The maximum Gasteiger partial charge on any atom is 0.325 e. The van der Waals surface area contributed by atoms with E-state index in [1.165, 1.54) is 11.8 Å². The predicted molar refractivity (Wildman–Crippen MR) is 90.4 cm³/mol. The van der Waals surface area contributed by atoms with E-state index in [-0.39, 0.29) is 11.7 Å². The smallest absolute Gasteiger partial charge is 0.325 e. The summed E-state index contributed by atoms with van der Waals surface area (Å²) in [6.45, 7) is 0. The Morgan fingerprint density at radius 3 is 2.57 bits per heavy atom. The Balaban J connectivity index is 1.50. The molecule has 2 aromatic carbocycles. The zero-order valence-corrected chi connectivity index (χ0v) is 12.9. The number of fused-ring (bicyclic) bond motifs is 1. The Bertz CT molecular complexity index is 799. The fourth-order valence-electron chi connectivity index (χ4n) is 1.98. The van der Waals surface area contributed by atoms with Crippen molar-refractivity contribution in [2.75, 3.05) is 11.1 Å². The zero-order valence-electron chi connectivity index (χ0n) is 12.1. The van der Waals surface area contributed by atoms with E-state index in [2.05, 4.69) is 20.6 Å². The average Bonchev–Trinajstić information content (AvgIpc) is 2.96. The molecule has 3 amide bonds. The molecule has 0 radical (unpaired) electrons. The Hall–Kier alpha value is -2.80. The highest BCUT2D eigenvalue weighted by Gasteiger charge is 2.10. The standard InChI is InChI=1S/C16H14N4O2S/c21-14(20-15(22)17-11-6-2-1-3-7-11)10-23-16-18-12-8-4-5-9-13(12)19-16/h1-9H,10H2,(H,18,19)(H2,17,20,21,22). The van der Waals surface area contributed by atoms with Gasteiger partial charge in [0, 0.05) is 5.69 Å². The summed E-state index contributed by atoms with van der Waals surface area (Å²) >= 11 is 1.24. The molecule has 0 aliphatic rings. The van der Waals surface area contributed by atoms with Crippen LogP contribution in [-0.4, -0.2) is 27.7 Å². The van der Waals surface area contributed by atoms with Crippen molar-refractivity contribution in [2.24, 2.45) is 0 Å². The molecule has 6 nitrogen and oxygen atoms in total. The minimum atomic E-state index is -0.550. The lowest BCUT2D eigenvalue weighted by molar-refractivity contribution is -0.117. The highest BCUT2D eigenvalue weighted by molar-refractivity contribution is 7.99. The number of H-pyrrole nitrogens is 1. The van der Waals surface area contributed by atoms with Gasteiger partial charge in [0.1, 0.15) is 0 Å². The third-order valence-corrected chi connectivity index (χ3v) is 3.87. The number of anilines is 1. The van der Waals surface area contributed by atoms with Crippen LogP contribution in [0.1, 0.15) is 0 Å². The summed E-state index contributed by atoms with van der Waals surface area (Å²) < 4.78 is 0. The fraction of sp³-hybridized carbons (Fsp3) is 0.0625. The van der Waals surface area contributed by atoms with Crippen molar-refractivity contribution in [2.45, 2.75) is 5.16 Å². The lowest BCUT2D eigenvalue weighted by Gasteiger charge is -2.05. The van der Waals surface area contributed by atoms with Gasteiger partial charge in [0.25, 0.3) is 0 Å². The first kappa shape index (κ1) is 15.1. The van der Waals surface area contributed by atoms with E-state index in [1.807, 2.05) is 30.3 Å². The van der Waals surface area contributed by atoms with Crippen LogP contribution in [0.2, 0.25) is 0 Å². The first-order valence-electron chi connectivity index (χ1n) is 6.94. The molecule has 0 fully saturated rings. The number of carbonyl (C=O) groups is 2. The van der Waals surface area contributed by atoms with Gasteiger partial charge in [-0.2, -0.15) is 0 Å². The minimum Gasteiger partial charge on any atom is -0.333 e. The van der Waals surface area contributed by atoms with Crippen molar-refractivity contribution in [3.05, 3.63) is 54.6 Å². The van der Waals surface area contributed by atoms with Gasteiger partial charge in [-0.3, -0.25) is 10.1 Å². The quantitative estimate of drug-likeness (QED) is 0.643. The lowest BCUT2D eigenvalue weighted by atomic mass is 10.3. The van der Waals surface area contributed by atoms with E-state index in [1.54, 1.807) is 24.3 Å². The Morgan fingerprint density at radius 2 is 1.78 bits per heavy atom. The first-order valence-corrected chi connectivity index (χ1v) is 7.93. The predicted octanol–water partition coefficient (Wildman–Crippen LogP) is 3.00. The summed E-state index contributed by atoms with van der Waals surface area (Å²) in [4.78, 5) is 31.0. The van der Waals surface area contributed by atoms with Crippen molar-refractivity contribution in [1.82, 2.24) is 15.3 Å². The molecule has 0 saturated heterocycles. The van der Waals surface area contributed by atoms with Gasteiger partial charge in [0.2, 0.25) is 5.91 Å². The SMILES string of the molecule is O=C(CSc1nc2ccccc2[nH]1)NC(=O)Nc1ccccc1. The van der Waals surface area contributed by atoms with Crippen molar-refractivity contribution < 1.29 is 9.59 Å². The van der Waals surface area contributed by atoms with Gasteiger partial charge in [-0.05, 0) is 24.3 Å². The number of imide groups is 1. The number of carbonyl (C=O) groups excluding carboxylic acids is 2. The number of imidazole rings is 1. The second kappa shape index (κ2) is 6.97. The van der Waals surface area contributed by atoms with Gasteiger partial charge < -0.3 is 10.3 Å². The second-order valence-electron chi connectivity index (χ2n) is 4.72. The molecular weight excluding hydrogens is 312 g/mol. The van der Waals surface area contributed by atoms with Crippen LogP contribution in [0.25, 0.3) is 11.0 Å². The fourth-order valence-corrected chi connectivity index (χ4v) is 2.66. The molecule has 0 aliphatic carbocycles. The minimum absolute atomic E-state index is 0.0992. The van der Waals surface area contributed by atoms with Crippen LogP contribution < -0.4 is 10.6 Å². The number of nitrogens with zero attached hydrogens (tertiary/aromatic N) is 1. The van der Waals surface area contributed by atoms with Crippen LogP contribution in [-0.2, 0) is 4.79 Å². The third-order valence-electron chi connectivity index (χ3n) is 2.99. The van der Waals surface area contributed by atoms with Gasteiger partial charge >= 0.3 is 6.03 Å². The molecule has 7 heteroatoms. The van der Waals surface area contributed by atoms with E-state index < -0.39 is 6.03 Å². The lowest BCUT2D eigenvalue weighted by Crippen LogP contribution is -2.35. The molecule has 3 N–H and O–H groups in total. The number of rotatable bonds is 4. The molecule has 0 atom stereocenters. The summed E-state index contributed by atoms with van der Waals surface area (Å²) in [5.41, 5.74) is 2.39. The maximum absolute atomic E-state index is 11.8. The summed E-state index contributed by atoms with van der Waals surface area (Å²) in [5.74, 6) is -0.286. The summed E-state index contributed by atoms with van der Waals surface area (Å²) in [7, 11) is 0. The first-order chi connectivity index (χ1) is 11.2. The molecule has 23 heavy (non-hydrogen) atoms. The van der Waals surface area contributed by atoms with Crippen molar-refractivity contribution in [1.29, 1.82) is 0 Å². The average molecular weight is 326 g/mol. The van der Waals surface area contributed by atoms with Crippen LogP contribution in [0.4, 0.5) is 10.5 Å². The van der Waals surface area contributed by atoms with E-state index in [4.69, 9.17) is 0 Å². The van der Waals surface area contributed by atoms with Crippen LogP contribution in [0.15, 0.2) is 59.8 Å².